The summed E-state index contributed by atoms with van der Waals surface area (Å²) < 4.78 is 10.2. The summed E-state index contributed by atoms with van der Waals surface area (Å²) >= 11 is 0. The first-order valence-electron chi connectivity index (χ1n) is 8.35. The maximum absolute atomic E-state index is 12.1. The van der Waals surface area contributed by atoms with Crippen LogP contribution in [0.25, 0.3) is 0 Å². The van der Waals surface area contributed by atoms with Gasteiger partial charge >= 0.3 is 0 Å². The predicted octanol–water partition coefficient (Wildman–Crippen LogP) is 2.64. The topological polar surface area (TPSA) is 67.6 Å². The first-order valence-corrected chi connectivity index (χ1v) is 8.35. The summed E-state index contributed by atoms with van der Waals surface area (Å²) in [5.74, 6) is 0.840. The van der Waals surface area contributed by atoms with E-state index < -0.39 is 0 Å². The standard InChI is InChI=1S/C18H23N3O3/c1-23-15-7-5-14(6-8-15)16(21-11-3-2-4-12-21)13-19-18(22)17-9-10-20-24-17/h5-10,16H,2-4,11-13H2,1H3,(H,19,22)/t16-/m1/s1. The normalized spacial score (nSPS) is 16.5. The monoisotopic (exact) mass is 329 g/mol. The number of amides is 1. The zero-order valence-corrected chi connectivity index (χ0v) is 13.9. The van der Waals surface area contributed by atoms with E-state index in [0.29, 0.717) is 6.54 Å². The fraction of sp³-hybridized carbons (Fsp3) is 0.444. The van der Waals surface area contributed by atoms with Gasteiger partial charge in [0.2, 0.25) is 5.76 Å². The molecule has 1 aromatic carbocycles. The first kappa shape index (κ1) is 16.5. The molecule has 2 aromatic rings. The molecule has 24 heavy (non-hydrogen) atoms. The Balaban J connectivity index is 1.72. The maximum atomic E-state index is 12.1. The summed E-state index contributed by atoms with van der Waals surface area (Å²) in [6.45, 7) is 2.63. The number of hydrogen-bond donors (Lipinski definition) is 1. The highest BCUT2D eigenvalue weighted by atomic mass is 16.5. The molecule has 0 saturated carbocycles. The third-order valence-corrected chi connectivity index (χ3v) is 4.45. The Morgan fingerprint density at radius 3 is 2.62 bits per heavy atom. The number of hydrogen-bond acceptors (Lipinski definition) is 5. The van der Waals surface area contributed by atoms with Crippen molar-refractivity contribution >= 4 is 5.91 Å². The average molecular weight is 329 g/mol. The Kier molecular flexibility index (Phi) is 5.48. The number of likely N-dealkylation sites (tertiary alicyclic amines) is 1. The Labute approximate surface area is 141 Å². The molecule has 1 aliphatic heterocycles. The van der Waals surface area contributed by atoms with Gasteiger partial charge in [-0.05, 0) is 43.6 Å². The highest BCUT2D eigenvalue weighted by Gasteiger charge is 2.23. The number of nitrogens with one attached hydrogen (secondary N) is 1. The molecular formula is C18H23N3O3. The second kappa shape index (κ2) is 7.97. The van der Waals surface area contributed by atoms with E-state index in [1.807, 2.05) is 12.1 Å². The summed E-state index contributed by atoms with van der Waals surface area (Å²) in [4.78, 5) is 14.6. The maximum Gasteiger partial charge on any atom is 0.289 e. The molecule has 0 unspecified atom stereocenters. The molecule has 6 nitrogen and oxygen atoms in total. The van der Waals surface area contributed by atoms with Crippen LogP contribution < -0.4 is 10.1 Å². The molecule has 1 aliphatic rings. The number of rotatable bonds is 6. The Bertz CT molecular complexity index is 634. The predicted molar refractivity (Wildman–Crippen MR) is 90.0 cm³/mol. The van der Waals surface area contributed by atoms with E-state index in [4.69, 9.17) is 9.26 Å². The quantitative estimate of drug-likeness (QED) is 0.882. The van der Waals surface area contributed by atoms with Gasteiger partial charge in [-0.25, -0.2) is 0 Å². The molecule has 0 aliphatic carbocycles. The molecule has 6 heteroatoms. The van der Waals surface area contributed by atoms with Crippen molar-refractivity contribution in [3.05, 3.63) is 47.9 Å². The van der Waals surface area contributed by atoms with Crippen LogP contribution in [-0.4, -0.2) is 42.7 Å². The van der Waals surface area contributed by atoms with Gasteiger partial charge in [0.25, 0.3) is 5.91 Å². The van der Waals surface area contributed by atoms with Crippen molar-refractivity contribution in [1.82, 2.24) is 15.4 Å². The van der Waals surface area contributed by atoms with Gasteiger partial charge in [-0.3, -0.25) is 9.69 Å². The number of methoxy groups -OCH3 is 1. The molecule has 1 N–H and O–H groups in total. The van der Waals surface area contributed by atoms with Gasteiger partial charge in [-0.1, -0.05) is 23.7 Å². The summed E-state index contributed by atoms with van der Waals surface area (Å²) in [5, 5.41) is 6.54. The third-order valence-electron chi connectivity index (χ3n) is 4.45. The number of benzene rings is 1. The number of carbonyl (C=O) groups excluding carboxylic acids is 1. The van der Waals surface area contributed by atoms with E-state index in [2.05, 4.69) is 27.5 Å². The third kappa shape index (κ3) is 3.94. The summed E-state index contributed by atoms with van der Waals surface area (Å²) in [5.41, 5.74) is 1.18. The highest BCUT2D eigenvalue weighted by Crippen LogP contribution is 2.26. The van der Waals surface area contributed by atoms with Gasteiger partial charge in [0.1, 0.15) is 5.75 Å². The lowest BCUT2D eigenvalue weighted by atomic mass is 10.0. The molecule has 0 radical (unpaired) electrons. The molecular weight excluding hydrogens is 306 g/mol. The summed E-state index contributed by atoms with van der Waals surface area (Å²) in [6.07, 6.45) is 5.14. The van der Waals surface area contributed by atoms with Crippen LogP contribution >= 0.6 is 0 Å². The van der Waals surface area contributed by atoms with Crippen molar-refractivity contribution in [2.75, 3.05) is 26.7 Å². The smallest absolute Gasteiger partial charge is 0.289 e. The number of ether oxygens (including phenoxy) is 1. The van der Waals surface area contributed by atoms with E-state index in [1.54, 1.807) is 13.2 Å². The van der Waals surface area contributed by atoms with E-state index in [9.17, 15) is 4.79 Å². The van der Waals surface area contributed by atoms with Crippen LogP contribution in [0, 0.1) is 0 Å². The Morgan fingerprint density at radius 2 is 2.00 bits per heavy atom. The minimum absolute atomic E-state index is 0.142. The van der Waals surface area contributed by atoms with Crippen molar-refractivity contribution in [1.29, 1.82) is 0 Å². The minimum Gasteiger partial charge on any atom is -0.497 e. The molecule has 128 valence electrons. The molecule has 1 saturated heterocycles. The SMILES string of the molecule is COc1ccc([C@@H](CNC(=O)c2ccno2)N2CCCCC2)cc1. The molecule has 1 aromatic heterocycles. The molecule has 1 atom stereocenters. The van der Waals surface area contributed by atoms with Crippen LogP contribution in [0.4, 0.5) is 0 Å². The number of piperidine rings is 1. The van der Waals surface area contributed by atoms with Crippen LogP contribution in [0.2, 0.25) is 0 Å². The number of carbonyl (C=O) groups is 1. The molecule has 0 bridgehead atoms. The first-order chi connectivity index (χ1) is 11.8. The zero-order valence-electron chi connectivity index (χ0n) is 13.9. The summed E-state index contributed by atoms with van der Waals surface area (Å²) in [7, 11) is 1.66. The van der Waals surface area contributed by atoms with Gasteiger partial charge in [-0.15, -0.1) is 0 Å². The molecule has 3 rings (SSSR count). The number of aromatic nitrogens is 1. The Morgan fingerprint density at radius 1 is 1.25 bits per heavy atom. The second-order valence-electron chi connectivity index (χ2n) is 5.97. The lowest BCUT2D eigenvalue weighted by molar-refractivity contribution is 0.0888. The van der Waals surface area contributed by atoms with Gasteiger partial charge in [0.05, 0.1) is 19.3 Å². The lowest BCUT2D eigenvalue weighted by Crippen LogP contribution is -2.40. The van der Waals surface area contributed by atoms with Crippen LogP contribution in [0.5, 0.6) is 5.75 Å². The minimum atomic E-state index is -0.233. The fourth-order valence-corrected chi connectivity index (χ4v) is 3.12. The molecule has 2 heterocycles. The van der Waals surface area contributed by atoms with Crippen LogP contribution in [0.1, 0.15) is 41.4 Å². The summed E-state index contributed by atoms with van der Waals surface area (Å²) in [6, 6.07) is 9.77. The lowest BCUT2D eigenvalue weighted by Gasteiger charge is -2.35. The van der Waals surface area contributed by atoms with Crippen LogP contribution in [0.3, 0.4) is 0 Å². The zero-order chi connectivity index (χ0) is 16.8. The van der Waals surface area contributed by atoms with E-state index in [1.165, 1.54) is 31.0 Å². The molecule has 1 amide bonds. The fourth-order valence-electron chi connectivity index (χ4n) is 3.12. The van der Waals surface area contributed by atoms with Gasteiger partial charge in [-0.2, -0.15) is 0 Å². The second-order valence-corrected chi connectivity index (χ2v) is 5.97. The highest BCUT2D eigenvalue weighted by molar-refractivity contribution is 5.91. The van der Waals surface area contributed by atoms with Crippen molar-refractivity contribution in [2.45, 2.75) is 25.3 Å². The average Bonchev–Trinajstić information content (AvgIpc) is 3.18. The van der Waals surface area contributed by atoms with Crippen molar-refractivity contribution < 1.29 is 14.1 Å². The van der Waals surface area contributed by atoms with Gasteiger partial charge < -0.3 is 14.6 Å². The van der Waals surface area contributed by atoms with E-state index in [0.717, 1.165) is 18.8 Å². The van der Waals surface area contributed by atoms with Gasteiger partial charge in [0, 0.05) is 12.6 Å². The van der Waals surface area contributed by atoms with Gasteiger partial charge in [0.15, 0.2) is 0 Å². The largest absolute Gasteiger partial charge is 0.497 e. The van der Waals surface area contributed by atoms with Crippen molar-refractivity contribution in [3.8, 4) is 5.75 Å². The molecule has 0 spiro atoms. The van der Waals surface area contributed by atoms with Crippen molar-refractivity contribution in [2.24, 2.45) is 0 Å². The van der Waals surface area contributed by atoms with E-state index in [-0.39, 0.29) is 17.7 Å². The number of nitrogens with zero attached hydrogens (tertiary/aromatic N) is 2. The van der Waals surface area contributed by atoms with Crippen LogP contribution in [0.15, 0.2) is 41.1 Å². The van der Waals surface area contributed by atoms with Crippen molar-refractivity contribution in [3.63, 3.8) is 0 Å². The Hall–Kier alpha value is -2.34. The van der Waals surface area contributed by atoms with Crippen LogP contribution in [-0.2, 0) is 0 Å². The molecule has 1 fully saturated rings. The van der Waals surface area contributed by atoms with E-state index >= 15 is 0 Å².